The summed E-state index contributed by atoms with van der Waals surface area (Å²) in [6.45, 7) is 19.8. The second-order valence-corrected chi connectivity index (χ2v) is 17.7. The van der Waals surface area contributed by atoms with E-state index >= 15 is 0 Å². The molecule has 1 rings (SSSR count). The first-order chi connectivity index (χ1) is 9.62. The maximum Gasteiger partial charge on any atom is 0.479 e. The maximum absolute atomic E-state index is 6.16. The minimum Gasteiger partial charge on any atom is -0.396 e. The van der Waals surface area contributed by atoms with Crippen molar-refractivity contribution in [2.75, 3.05) is 0 Å². The second kappa shape index (κ2) is 6.86. The zero-order valence-electron chi connectivity index (χ0n) is 15.6. The molecule has 1 heterocycles. The molecule has 22 heavy (non-hydrogen) atoms. The Bertz CT molecular complexity index is 333. The van der Waals surface area contributed by atoms with Crippen LogP contribution < -0.4 is 0 Å². The van der Waals surface area contributed by atoms with Crippen LogP contribution in [-0.4, -0.2) is 47.4 Å². The second-order valence-electron chi connectivity index (χ2n) is 7.76. The zero-order valence-corrected chi connectivity index (χ0v) is 19.9. The van der Waals surface area contributed by atoms with Crippen molar-refractivity contribution in [3.05, 3.63) is 0 Å². The van der Waals surface area contributed by atoms with Gasteiger partial charge in [-0.25, -0.2) is 0 Å². The van der Waals surface area contributed by atoms with Gasteiger partial charge in [-0.15, -0.1) is 0 Å². The third-order valence-corrected chi connectivity index (χ3v) is 16.6. The highest BCUT2D eigenvalue weighted by molar-refractivity contribution is 6.81. The molecule has 0 aromatic rings. The van der Waals surface area contributed by atoms with E-state index in [0.29, 0.717) is 0 Å². The summed E-state index contributed by atoms with van der Waals surface area (Å²) in [5, 5.41) is 0. The smallest absolute Gasteiger partial charge is 0.396 e. The highest BCUT2D eigenvalue weighted by atomic mass is 28.5. The zero-order chi connectivity index (χ0) is 17.4. The van der Waals surface area contributed by atoms with Crippen LogP contribution in [0.3, 0.4) is 0 Å². The van der Waals surface area contributed by atoms with E-state index in [1.54, 1.807) is 0 Å². The van der Waals surface area contributed by atoms with E-state index in [2.05, 4.69) is 0 Å². The number of hydrogen-bond donors (Lipinski definition) is 0. The topological polar surface area (TPSA) is 55.4 Å². The van der Waals surface area contributed by atoms with Crippen LogP contribution in [0.15, 0.2) is 0 Å². The first kappa shape index (κ1) is 20.7. The molecule has 0 spiro atoms. The van der Waals surface area contributed by atoms with Crippen molar-refractivity contribution in [3.63, 3.8) is 0 Å². The average molecular weight is 385 g/mol. The largest absolute Gasteiger partial charge is 0.479 e. The van der Waals surface area contributed by atoms with E-state index in [0.717, 1.165) is 0 Å². The predicted octanol–water partition coefficient (Wildman–Crippen LogP) is 2.53. The van der Waals surface area contributed by atoms with Gasteiger partial charge in [0.05, 0.1) is 11.2 Å². The molecule has 132 valence electrons. The molecule has 0 aromatic carbocycles. The van der Waals surface area contributed by atoms with Crippen molar-refractivity contribution in [3.8, 4) is 0 Å². The van der Waals surface area contributed by atoms with Crippen LogP contribution in [0.1, 0.15) is 41.5 Å². The summed E-state index contributed by atoms with van der Waals surface area (Å²) in [6.07, 6.45) is 0. The molecule has 0 unspecified atom stereocenters. The molecule has 1 saturated heterocycles. The minimum absolute atomic E-state index is 0.328. The Labute approximate surface area is 140 Å². The van der Waals surface area contributed by atoms with Crippen molar-refractivity contribution in [1.29, 1.82) is 0 Å². The Morgan fingerprint density at radius 2 is 0.864 bits per heavy atom. The fourth-order valence-corrected chi connectivity index (χ4v) is 17.9. The van der Waals surface area contributed by atoms with E-state index in [9.17, 15) is 0 Å². The lowest BCUT2D eigenvalue weighted by atomic mass is 10.2. The molecule has 0 saturated carbocycles. The lowest BCUT2D eigenvalue weighted by molar-refractivity contribution is 0.0216. The van der Waals surface area contributed by atoms with E-state index in [1.165, 1.54) is 0 Å². The molecule has 0 amide bonds. The lowest BCUT2D eigenvalue weighted by Crippen LogP contribution is -2.62. The van der Waals surface area contributed by atoms with Crippen molar-refractivity contribution >= 4 is 36.2 Å². The van der Waals surface area contributed by atoms with Crippen molar-refractivity contribution in [2.24, 2.45) is 0 Å². The molecule has 1 aliphatic heterocycles. The van der Waals surface area contributed by atoms with Gasteiger partial charge in [0.15, 0.2) is 0 Å². The molecule has 0 atom stereocenters. The highest BCUT2D eigenvalue weighted by Gasteiger charge is 2.51. The van der Waals surface area contributed by atoms with Gasteiger partial charge in [0.25, 0.3) is 0 Å². The van der Waals surface area contributed by atoms with Gasteiger partial charge in [-0.3, -0.25) is 0 Å². The molecular weight excluding hydrogens is 352 g/mol. The van der Waals surface area contributed by atoms with E-state index in [-0.39, 0.29) is 11.2 Å². The summed E-state index contributed by atoms with van der Waals surface area (Å²) >= 11 is 0. The number of hydrogen-bond acceptors (Lipinski definition) is 6. The molecule has 0 aromatic heterocycles. The van der Waals surface area contributed by atoms with Crippen molar-refractivity contribution in [1.82, 2.24) is 0 Å². The summed E-state index contributed by atoms with van der Waals surface area (Å²) < 4.78 is 36.8. The molecule has 1 aliphatic rings. The molecule has 10 heteroatoms. The fraction of sp³-hybridized carbons (Fsp3) is 1.00. The Balaban J connectivity index is 2.90. The molecule has 1 fully saturated rings. The normalized spacial score (nSPS) is 38.5. The van der Waals surface area contributed by atoms with Crippen LogP contribution in [-0.2, 0) is 25.3 Å². The van der Waals surface area contributed by atoms with Gasteiger partial charge >= 0.3 is 36.2 Å². The Morgan fingerprint density at radius 1 is 0.636 bits per heavy atom. The summed E-state index contributed by atoms with van der Waals surface area (Å²) in [4.78, 5) is 0. The summed E-state index contributed by atoms with van der Waals surface area (Å²) in [5.74, 6) is 0. The molecule has 0 bridgehead atoms. The van der Waals surface area contributed by atoms with Crippen LogP contribution >= 0.6 is 0 Å². The van der Waals surface area contributed by atoms with Crippen molar-refractivity contribution in [2.45, 2.75) is 78.9 Å². The quantitative estimate of drug-likeness (QED) is 0.682. The van der Waals surface area contributed by atoms with Crippen LogP contribution in [0.2, 0.25) is 26.2 Å². The summed E-state index contributed by atoms with van der Waals surface area (Å²) in [5.41, 5.74) is -0.657. The predicted molar refractivity (Wildman–Crippen MR) is 95.3 cm³/mol. The molecule has 0 radical (unpaired) electrons. The van der Waals surface area contributed by atoms with Crippen LogP contribution in [0.5, 0.6) is 0 Å². The molecule has 0 N–H and O–H groups in total. The van der Waals surface area contributed by atoms with Gasteiger partial charge in [-0.1, -0.05) is 0 Å². The SMILES string of the molecule is C[SiH]1O[Si](C)(OC(C)(C)C)O[SiH](C)O[Si](C)(OC(C)(C)C)O1. The van der Waals surface area contributed by atoms with Gasteiger partial charge in [0.2, 0.25) is 0 Å². The standard InChI is InChI=1S/C12H32O6Si4/c1-11(2,3)13-21(9)15-19(7)17-22(10,14-12(4,5)6)18-20(8)16-21/h19-20H,1-10H3. The van der Waals surface area contributed by atoms with E-state index < -0.39 is 36.2 Å². The van der Waals surface area contributed by atoms with E-state index in [4.69, 9.17) is 25.3 Å². The van der Waals surface area contributed by atoms with Crippen LogP contribution in [0.25, 0.3) is 0 Å². The monoisotopic (exact) mass is 384 g/mol. The fourth-order valence-electron chi connectivity index (χ4n) is 2.52. The Hall–Kier alpha value is 0.628. The third-order valence-electron chi connectivity index (χ3n) is 2.50. The first-order valence-corrected chi connectivity index (χ1v) is 16.4. The van der Waals surface area contributed by atoms with Gasteiger partial charge in [-0.2, -0.15) is 0 Å². The molecule has 0 aliphatic carbocycles. The van der Waals surface area contributed by atoms with E-state index in [1.807, 2.05) is 67.7 Å². The van der Waals surface area contributed by atoms with Crippen LogP contribution in [0, 0.1) is 0 Å². The molecule has 6 nitrogen and oxygen atoms in total. The van der Waals surface area contributed by atoms with Gasteiger partial charge < -0.3 is 25.3 Å². The van der Waals surface area contributed by atoms with Gasteiger partial charge in [0, 0.05) is 13.1 Å². The van der Waals surface area contributed by atoms with Gasteiger partial charge in [0.1, 0.15) is 0 Å². The minimum atomic E-state index is -2.76. The third kappa shape index (κ3) is 7.46. The average Bonchev–Trinajstić information content (AvgIpc) is 2.03. The molecular formula is C12H32O6Si4. The number of rotatable bonds is 2. The van der Waals surface area contributed by atoms with Crippen LogP contribution in [0.4, 0.5) is 0 Å². The Kier molecular flexibility index (Phi) is 6.45. The maximum atomic E-state index is 6.16. The highest BCUT2D eigenvalue weighted by Crippen LogP contribution is 2.28. The van der Waals surface area contributed by atoms with Gasteiger partial charge in [-0.05, 0) is 54.6 Å². The first-order valence-electron chi connectivity index (χ1n) is 7.73. The lowest BCUT2D eigenvalue weighted by Gasteiger charge is -2.43. The summed E-state index contributed by atoms with van der Waals surface area (Å²) in [7, 11) is -9.48. The van der Waals surface area contributed by atoms with Crippen molar-refractivity contribution < 1.29 is 25.3 Å². The Morgan fingerprint density at radius 3 is 1.05 bits per heavy atom. The summed E-state index contributed by atoms with van der Waals surface area (Å²) in [6, 6.07) is 0.